The minimum absolute atomic E-state index is 0.126. The van der Waals surface area contributed by atoms with Crippen LogP contribution in [0.2, 0.25) is 0 Å². The van der Waals surface area contributed by atoms with Crippen molar-refractivity contribution >= 4 is 23.3 Å². The van der Waals surface area contributed by atoms with Gasteiger partial charge in [-0.3, -0.25) is 4.79 Å². The molecule has 0 radical (unpaired) electrons. The molecule has 4 nitrogen and oxygen atoms in total. The van der Waals surface area contributed by atoms with Gasteiger partial charge in [0.1, 0.15) is 6.01 Å². The molecule has 0 aliphatic carbocycles. The lowest BCUT2D eigenvalue weighted by Gasteiger charge is -2.04. The van der Waals surface area contributed by atoms with Crippen molar-refractivity contribution in [3.05, 3.63) is 72.3 Å². The zero-order valence-electron chi connectivity index (χ0n) is 12.4. The number of carbonyl (C=O) groups is 1. The van der Waals surface area contributed by atoms with Crippen molar-refractivity contribution in [1.82, 2.24) is 5.32 Å². The average molecular weight is 291 g/mol. The van der Waals surface area contributed by atoms with Crippen molar-refractivity contribution in [3.8, 4) is 0 Å². The van der Waals surface area contributed by atoms with Crippen LogP contribution in [-0.4, -0.2) is 11.9 Å². The summed E-state index contributed by atoms with van der Waals surface area (Å²) < 4.78 is 0. The smallest absolute Gasteiger partial charge is 0.243 e. The number of carbonyl (C=O) groups excluding carboxylic acids is 1. The molecule has 2 aromatic carbocycles. The van der Waals surface area contributed by atoms with Crippen molar-refractivity contribution in [2.24, 2.45) is 9.98 Å². The Kier molecular flexibility index (Phi) is 5.85. The molecule has 0 fully saturated rings. The molecule has 0 aliphatic heterocycles. The molecule has 1 amide bonds. The molecular formula is C18H17N3O. The number of nitrogens with zero attached hydrogens (tertiary/aromatic N) is 2. The normalized spacial score (nSPS) is 10.0. The molecule has 22 heavy (non-hydrogen) atoms. The maximum absolute atomic E-state index is 11.5. The highest BCUT2D eigenvalue weighted by Gasteiger charge is 2.01. The van der Waals surface area contributed by atoms with Crippen LogP contribution in [0.15, 0.2) is 76.7 Å². The molecule has 1 N–H and O–H groups in total. The second-order valence-electron chi connectivity index (χ2n) is 4.51. The number of para-hydroxylation sites is 2. The Labute approximate surface area is 129 Å². The van der Waals surface area contributed by atoms with Gasteiger partial charge in [-0.15, -0.1) is 0 Å². The zero-order chi connectivity index (χ0) is 15.6. The summed E-state index contributed by atoms with van der Waals surface area (Å²) in [6.45, 7) is 2.22. The number of aliphatic imine (C=N–C) groups is 2. The van der Waals surface area contributed by atoms with E-state index in [4.69, 9.17) is 0 Å². The summed E-state index contributed by atoms with van der Waals surface area (Å²) in [5.74, 6) is -0.126. The van der Waals surface area contributed by atoms with E-state index < -0.39 is 0 Å². The molecule has 0 saturated heterocycles. The number of nitrogens with one attached hydrogen (secondary N) is 1. The van der Waals surface area contributed by atoms with E-state index in [2.05, 4.69) is 21.3 Å². The minimum atomic E-state index is -0.126. The molecule has 2 aromatic rings. The molecule has 4 heteroatoms. The SMILES string of the molecule is C/C=C/C(=O)NCc1ccccc1N=C=Nc1ccccc1. The van der Waals surface area contributed by atoms with Gasteiger partial charge in [0, 0.05) is 6.54 Å². The third kappa shape index (κ3) is 4.85. The summed E-state index contributed by atoms with van der Waals surface area (Å²) >= 11 is 0. The van der Waals surface area contributed by atoms with Gasteiger partial charge in [0.15, 0.2) is 0 Å². The summed E-state index contributed by atoms with van der Waals surface area (Å²) in [7, 11) is 0. The van der Waals surface area contributed by atoms with Crippen molar-refractivity contribution in [2.45, 2.75) is 13.5 Å². The van der Waals surface area contributed by atoms with Gasteiger partial charge in [0.2, 0.25) is 5.91 Å². The second-order valence-corrected chi connectivity index (χ2v) is 4.51. The van der Waals surface area contributed by atoms with E-state index in [1.165, 1.54) is 6.08 Å². The maximum Gasteiger partial charge on any atom is 0.243 e. The van der Waals surface area contributed by atoms with Gasteiger partial charge in [0.25, 0.3) is 0 Å². The highest BCUT2D eigenvalue weighted by Crippen LogP contribution is 2.18. The lowest BCUT2D eigenvalue weighted by Crippen LogP contribution is -2.20. The Balaban J connectivity index is 2.11. The van der Waals surface area contributed by atoms with Crippen LogP contribution in [0.25, 0.3) is 0 Å². The monoisotopic (exact) mass is 291 g/mol. The van der Waals surface area contributed by atoms with E-state index in [9.17, 15) is 4.79 Å². The minimum Gasteiger partial charge on any atom is -0.348 e. The van der Waals surface area contributed by atoms with Gasteiger partial charge >= 0.3 is 0 Å². The summed E-state index contributed by atoms with van der Waals surface area (Å²) in [6.07, 6.45) is 3.19. The van der Waals surface area contributed by atoms with Crippen LogP contribution in [-0.2, 0) is 11.3 Å². The molecule has 2 rings (SSSR count). The molecule has 0 heterocycles. The molecule has 0 atom stereocenters. The van der Waals surface area contributed by atoms with E-state index in [-0.39, 0.29) is 5.91 Å². The fourth-order valence-electron chi connectivity index (χ4n) is 1.80. The van der Waals surface area contributed by atoms with E-state index in [1.807, 2.05) is 54.6 Å². The lowest BCUT2D eigenvalue weighted by atomic mass is 10.2. The van der Waals surface area contributed by atoms with Gasteiger partial charge in [-0.25, -0.2) is 0 Å². The third-order valence-electron chi connectivity index (χ3n) is 2.87. The molecule has 0 spiro atoms. The Morgan fingerprint density at radius 2 is 1.82 bits per heavy atom. The number of hydrogen-bond acceptors (Lipinski definition) is 3. The molecule has 0 bridgehead atoms. The van der Waals surface area contributed by atoms with Crippen LogP contribution >= 0.6 is 0 Å². The van der Waals surface area contributed by atoms with Gasteiger partial charge in [-0.1, -0.05) is 42.5 Å². The van der Waals surface area contributed by atoms with Crippen LogP contribution in [0.4, 0.5) is 11.4 Å². The quantitative estimate of drug-likeness (QED) is 0.656. The first-order chi connectivity index (χ1) is 10.8. The zero-order valence-corrected chi connectivity index (χ0v) is 12.4. The van der Waals surface area contributed by atoms with E-state index in [0.29, 0.717) is 6.54 Å². The number of hydrogen-bond donors (Lipinski definition) is 1. The molecular weight excluding hydrogens is 274 g/mol. The van der Waals surface area contributed by atoms with Crippen molar-refractivity contribution in [2.75, 3.05) is 0 Å². The van der Waals surface area contributed by atoms with E-state index in [1.54, 1.807) is 13.0 Å². The van der Waals surface area contributed by atoms with Gasteiger partial charge in [-0.2, -0.15) is 9.98 Å². The van der Waals surface area contributed by atoms with Crippen molar-refractivity contribution in [1.29, 1.82) is 0 Å². The Hall–Kier alpha value is -2.97. The lowest BCUT2D eigenvalue weighted by molar-refractivity contribution is -0.116. The Morgan fingerprint density at radius 1 is 1.09 bits per heavy atom. The number of rotatable bonds is 5. The fourth-order valence-corrected chi connectivity index (χ4v) is 1.80. The predicted octanol–water partition coefficient (Wildman–Crippen LogP) is 4.02. The topological polar surface area (TPSA) is 53.8 Å². The van der Waals surface area contributed by atoms with Crippen molar-refractivity contribution < 1.29 is 4.79 Å². The molecule has 0 aromatic heterocycles. The number of allylic oxidation sites excluding steroid dienone is 1. The van der Waals surface area contributed by atoms with Crippen LogP contribution in [0.5, 0.6) is 0 Å². The van der Waals surface area contributed by atoms with Crippen LogP contribution in [0, 0.1) is 0 Å². The molecule has 0 unspecified atom stereocenters. The van der Waals surface area contributed by atoms with E-state index >= 15 is 0 Å². The third-order valence-corrected chi connectivity index (χ3v) is 2.87. The fraction of sp³-hybridized carbons (Fsp3) is 0.111. The summed E-state index contributed by atoms with van der Waals surface area (Å²) in [4.78, 5) is 19.9. The second kappa shape index (κ2) is 8.35. The first kappa shape index (κ1) is 15.4. The Morgan fingerprint density at radius 3 is 2.59 bits per heavy atom. The van der Waals surface area contributed by atoms with Gasteiger partial charge < -0.3 is 5.32 Å². The van der Waals surface area contributed by atoms with Gasteiger partial charge in [-0.05, 0) is 36.8 Å². The number of amides is 1. The highest BCUT2D eigenvalue weighted by atomic mass is 16.1. The largest absolute Gasteiger partial charge is 0.348 e. The summed E-state index contributed by atoms with van der Waals surface area (Å²) in [6, 6.07) is 19.8. The van der Waals surface area contributed by atoms with Crippen LogP contribution in [0.1, 0.15) is 12.5 Å². The first-order valence-electron chi connectivity index (χ1n) is 6.99. The van der Waals surface area contributed by atoms with Crippen LogP contribution in [0.3, 0.4) is 0 Å². The molecule has 0 aliphatic rings. The number of benzene rings is 2. The summed E-state index contributed by atoms with van der Waals surface area (Å²) in [5, 5.41) is 2.80. The van der Waals surface area contributed by atoms with Gasteiger partial charge in [0.05, 0.1) is 11.4 Å². The Bertz CT molecular complexity index is 714. The first-order valence-corrected chi connectivity index (χ1v) is 6.99. The standard InChI is InChI=1S/C18H17N3O/c1-2-8-18(22)19-13-15-9-6-7-12-17(15)21-14-20-16-10-4-3-5-11-16/h2-12H,13H2,1H3,(H,19,22)/b8-2+. The molecule has 0 saturated carbocycles. The van der Waals surface area contributed by atoms with Crippen molar-refractivity contribution in [3.63, 3.8) is 0 Å². The average Bonchev–Trinajstić information content (AvgIpc) is 2.55. The van der Waals surface area contributed by atoms with Crippen LogP contribution < -0.4 is 5.32 Å². The predicted molar refractivity (Wildman–Crippen MR) is 88.7 cm³/mol. The highest BCUT2D eigenvalue weighted by molar-refractivity contribution is 5.87. The maximum atomic E-state index is 11.5. The van der Waals surface area contributed by atoms with E-state index in [0.717, 1.165) is 16.9 Å². The molecule has 110 valence electrons. The summed E-state index contributed by atoms with van der Waals surface area (Å²) in [5.41, 5.74) is 2.45.